The van der Waals surface area contributed by atoms with Crippen molar-refractivity contribution < 1.29 is 8.42 Å². The highest BCUT2D eigenvalue weighted by atomic mass is 32.2. The summed E-state index contributed by atoms with van der Waals surface area (Å²) in [4.78, 5) is 0. The van der Waals surface area contributed by atoms with Crippen LogP contribution >= 0.6 is 0 Å². The Kier molecular flexibility index (Phi) is 4.37. The van der Waals surface area contributed by atoms with Crippen molar-refractivity contribution in [3.63, 3.8) is 0 Å². The Bertz CT molecular complexity index is 375. The topological polar surface area (TPSA) is 46.2 Å². The van der Waals surface area contributed by atoms with Crippen molar-refractivity contribution >= 4 is 9.84 Å². The predicted octanol–water partition coefficient (Wildman–Crippen LogP) is 2.37. The summed E-state index contributed by atoms with van der Waals surface area (Å²) in [6, 6.07) is 1.25. The van der Waals surface area contributed by atoms with Crippen molar-refractivity contribution in [1.29, 1.82) is 0 Å². The Balaban J connectivity index is 1.90. The van der Waals surface area contributed by atoms with Gasteiger partial charge in [0.15, 0.2) is 0 Å². The third kappa shape index (κ3) is 3.70. The number of nitrogens with one attached hydrogen (secondary N) is 1. The number of hydrogen-bond donors (Lipinski definition) is 1. The minimum absolute atomic E-state index is 0.0909. The molecule has 0 aromatic rings. The molecular formula is C14H27NO2S. The Morgan fingerprint density at radius 1 is 1.11 bits per heavy atom. The molecule has 0 aliphatic heterocycles. The van der Waals surface area contributed by atoms with E-state index in [0.29, 0.717) is 17.9 Å². The van der Waals surface area contributed by atoms with Crippen LogP contribution in [0.25, 0.3) is 0 Å². The average molecular weight is 273 g/mol. The van der Waals surface area contributed by atoms with Gasteiger partial charge in [-0.05, 0) is 44.4 Å². The van der Waals surface area contributed by atoms with Crippen LogP contribution in [0.15, 0.2) is 0 Å². The number of hydrogen-bond acceptors (Lipinski definition) is 3. The van der Waals surface area contributed by atoms with E-state index >= 15 is 0 Å². The monoisotopic (exact) mass is 273 g/mol. The van der Waals surface area contributed by atoms with E-state index in [0.717, 1.165) is 25.3 Å². The molecule has 2 aliphatic rings. The smallest absolute Gasteiger partial charge is 0.150 e. The van der Waals surface area contributed by atoms with E-state index in [9.17, 15) is 8.42 Å². The molecule has 0 aromatic heterocycles. The summed E-state index contributed by atoms with van der Waals surface area (Å²) in [7, 11) is -2.85. The van der Waals surface area contributed by atoms with Gasteiger partial charge in [0.2, 0.25) is 0 Å². The summed E-state index contributed by atoms with van der Waals surface area (Å²) in [5.74, 6) is 1.15. The van der Waals surface area contributed by atoms with Gasteiger partial charge in [0, 0.05) is 18.3 Å². The van der Waals surface area contributed by atoms with Gasteiger partial charge in [-0.1, -0.05) is 19.8 Å². The molecule has 2 fully saturated rings. The molecule has 0 amide bonds. The van der Waals surface area contributed by atoms with Gasteiger partial charge >= 0.3 is 0 Å². The molecule has 0 heterocycles. The van der Waals surface area contributed by atoms with Crippen molar-refractivity contribution in [3.8, 4) is 0 Å². The number of rotatable bonds is 5. The summed E-state index contributed by atoms with van der Waals surface area (Å²) in [6.07, 6.45) is 8.04. The fraction of sp³-hybridized carbons (Fsp3) is 1.00. The molecule has 106 valence electrons. The lowest BCUT2D eigenvalue weighted by molar-refractivity contribution is 0.219. The molecule has 4 heteroatoms. The summed E-state index contributed by atoms with van der Waals surface area (Å²) in [6.45, 7) is 4.54. The molecule has 0 radical (unpaired) electrons. The second-order valence-electron chi connectivity index (χ2n) is 6.47. The van der Waals surface area contributed by atoms with E-state index < -0.39 is 9.84 Å². The molecule has 0 aromatic carbocycles. The molecule has 0 spiro atoms. The van der Waals surface area contributed by atoms with Crippen molar-refractivity contribution in [2.45, 2.75) is 69.7 Å². The standard InChI is InChI=1S/C14H27NO2S/c1-10(11(2)15-13-7-8-13)12-5-4-6-14(9-12)18(3,16)17/h10-15H,4-9H2,1-3H3. The maximum Gasteiger partial charge on any atom is 0.150 e. The molecule has 2 saturated carbocycles. The van der Waals surface area contributed by atoms with Gasteiger partial charge in [-0.3, -0.25) is 0 Å². The average Bonchev–Trinajstić information content (AvgIpc) is 3.11. The van der Waals surface area contributed by atoms with Gasteiger partial charge in [0.25, 0.3) is 0 Å². The van der Waals surface area contributed by atoms with E-state index in [4.69, 9.17) is 0 Å². The Morgan fingerprint density at radius 3 is 2.33 bits per heavy atom. The van der Waals surface area contributed by atoms with Crippen LogP contribution in [0.4, 0.5) is 0 Å². The Morgan fingerprint density at radius 2 is 1.78 bits per heavy atom. The van der Waals surface area contributed by atoms with E-state index in [1.54, 1.807) is 0 Å². The van der Waals surface area contributed by atoms with Crippen LogP contribution in [0.2, 0.25) is 0 Å². The van der Waals surface area contributed by atoms with Crippen LogP contribution in [-0.4, -0.2) is 32.0 Å². The van der Waals surface area contributed by atoms with E-state index in [1.165, 1.54) is 25.5 Å². The molecule has 1 N–H and O–H groups in total. The highest BCUT2D eigenvalue weighted by Gasteiger charge is 2.34. The molecule has 3 nitrogen and oxygen atoms in total. The van der Waals surface area contributed by atoms with Gasteiger partial charge < -0.3 is 5.32 Å². The molecule has 18 heavy (non-hydrogen) atoms. The largest absolute Gasteiger partial charge is 0.311 e. The van der Waals surface area contributed by atoms with E-state index in [2.05, 4.69) is 19.2 Å². The summed E-state index contributed by atoms with van der Waals surface area (Å²) in [5.41, 5.74) is 0. The first-order valence-electron chi connectivity index (χ1n) is 7.33. The highest BCUT2D eigenvalue weighted by Crippen LogP contribution is 2.35. The van der Waals surface area contributed by atoms with Gasteiger partial charge in [-0.15, -0.1) is 0 Å². The summed E-state index contributed by atoms with van der Waals surface area (Å²) in [5, 5.41) is 3.56. The maximum atomic E-state index is 11.7. The fourth-order valence-electron chi connectivity index (χ4n) is 3.23. The second kappa shape index (κ2) is 5.49. The third-order valence-electron chi connectivity index (χ3n) is 4.88. The molecule has 2 rings (SSSR count). The molecule has 4 atom stereocenters. The van der Waals surface area contributed by atoms with E-state index in [1.807, 2.05) is 0 Å². The fourth-order valence-corrected chi connectivity index (χ4v) is 4.42. The Labute approximate surface area is 112 Å². The molecule has 2 aliphatic carbocycles. The van der Waals surface area contributed by atoms with E-state index in [-0.39, 0.29) is 5.25 Å². The Hall–Kier alpha value is -0.0900. The normalized spacial score (nSPS) is 33.1. The highest BCUT2D eigenvalue weighted by molar-refractivity contribution is 7.91. The third-order valence-corrected chi connectivity index (χ3v) is 6.52. The lowest BCUT2D eigenvalue weighted by Crippen LogP contribution is -2.40. The lowest BCUT2D eigenvalue weighted by Gasteiger charge is -2.35. The van der Waals surface area contributed by atoms with Gasteiger partial charge in [0.1, 0.15) is 9.84 Å². The maximum absolute atomic E-state index is 11.7. The zero-order valence-corrected chi connectivity index (χ0v) is 12.7. The van der Waals surface area contributed by atoms with Crippen LogP contribution in [0, 0.1) is 11.8 Å². The first-order valence-corrected chi connectivity index (χ1v) is 9.28. The quantitative estimate of drug-likeness (QED) is 0.836. The molecule has 0 bridgehead atoms. The van der Waals surface area contributed by atoms with Crippen molar-refractivity contribution in [3.05, 3.63) is 0 Å². The molecular weight excluding hydrogens is 246 g/mol. The van der Waals surface area contributed by atoms with Crippen LogP contribution in [0.5, 0.6) is 0 Å². The van der Waals surface area contributed by atoms with Crippen LogP contribution in [0.3, 0.4) is 0 Å². The first kappa shape index (κ1) is 14.3. The zero-order valence-electron chi connectivity index (χ0n) is 11.9. The number of sulfone groups is 1. The lowest BCUT2D eigenvalue weighted by atomic mass is 9.78. The predicted molar refractivity (Wildman–Crippen MR) is 75.4 cm³/mol. The van der Waals surface area contributed by atoms with Crippen LogP contribution in [-0.2, 0) is 9.84 Å². The van der Waals surface area contributed by atoms with Crippen LogP contribution < -0.4 is 5.32 Å². The van der Waals surface area contributed by atoms with Gasteiger partial charge in [-0.2, -0.15) is 0 Å². The SMILES string of the molecule is CC(NC1CC1)C(C)C1CCCC(S(C)(=O)=O)C1. The first-order chi connectivity index (χ1) is 8.38. The van der Waals surface area contributed by atoms with Crippen LogP contribution in [0.1, 0.15) is 52.4 Å². The van der Waals surface area contributed by atoms with Crippen molar-refractivity contribution in [2.75, 3.05) is 6.26 Å². The summed E-state index contributed by atoms with van der Waals surface area (Å²) < 4.78 is 23.4. The zero-order chi connectivity index (χ0) is 13.3. The molecule has 0 saturated heterocycles. The minimum atomic E-state index is -2.85. The second-order valence-corrected chi connectivity index (χ2v) is 8.79. The van der Waals surface area contributed by atoms with Gasteiger partial charge in [0.05, 0.1) is 5.25 Å². The van der Waals surface area contributed by atoms with Gasteiger partial charge in [-0.25, -0.2) is 8.42 Å². The molecule has 4 unspecified atom stereocenters. The van der Waals surface area contributed by atoms with Crippen molar-refractivity contribution in [1.82, 2.24) is 5.32 Å². The van der Waals surface area contributed by atoms with Crippen molar-refractivity contribution in [2.24, 2.45) is 11.8 Å². The summed E-state index contributed by atoms with van der Waals surface area (Å²) >= 11 is 0. The minimum Gasteiger partial charge on any atom is -0.311 e.